The molecule has 0 fully saturated rings. The highest BCUT2D eigenvalue weighted by molar-refractivity contribution is 6.34. The maximum atomic E-state index is 12.0. The third-order valence-electron chi connectivity index (χ3n) is 3.44. The molecule has 0 saturated heterocycles. The van der Waals surface area contributed by atoms with Gasteiger partial charge in [0.05, 0.1) is 6.54 Å². The van der Waals surface area contributed by atoms with Crippen molar-refractivity contribution < 1.29 is 9.53 Å². The number of carbonyl (C=O) groups is 1. The lowest BCUT2D eigenvalue weighted by Gasteiger charge is -2.17. The number of rotatable bonds is 7. The largest absolute Gasteiger partial charge is 0.475 e. The molecule has 0 unspecified atom stereocenters. The highest BCUT2D eigenvalue weighted by Gasteiger charge is 2.25. The second kappa shape index (κ2) is 6.95. The molecule has 7 heteroatoms. The highest BCUT2D eigenvalue weighted by atomic mass is 35.5. The number of amides is 1. The Kier molecular flexibility index (Phi) is 5.25. The minimum absolute atomic E-state index is 0.236. The molecular weight excluding hydrogens is 280 g/mol. The minimum atomic E-state index is -0.236. The zero-order valence-corrected chi connectivity index (χ0v) is 12.7. The Morgan fingerprint density at radius 2 is 2.25 bits per heavy atom. The fourth-order valence-electron chi connectivity index (χ4n) is 2.22. The van der Waals surface area contributed by atoms with Crippen molar-refractivity contribution in [3.05, 3.63) is 10.7 Å². The number of nitrogens with one attached hydrogen (secondary N) is 1. The van der Waals surface area contributed by atoms with E-state index in [1.165, 1.54) is 0 Å². The summed E-state index contributed by atoms with van der Waals surface area (Å²) in [6.07, 6.45) is 0.912. The van der Waals surface area contributed by atoms with E-state index in [4.69, 9.17) is 16.3 Å². The van der Waals surface area contributed by atoms with Crippen molar-refractivity contribution in [2.45, 2.75) is 26.8 Å². The van der Waals surface area contributed by atoms with E-state index in [9.17, 15) is 4.79 Å². The Hall–Kier alpha value is -1.27. The molecule has 0 aromatic carbocycles. The first-order valence-corrected chi connectivity index (χ1v) is 7.44. The van der Waals surface area contributed by atoms with Crippen molar-refractivity contribution in [1.82, 2.24) is 20.0 Å². The second-order valence-corrected chi connectivity index (χ2v) is 5.05. The van der Waals surface area contributed by atoms with Crippen LogP contribution in [0.15, 0.2) is 0 Å². The van der Waals surface area contributed by atoms with Crippen LogP contribution in [0.1, 0.15) is 30.8 Å². The Labute approximate surface area is 124 Å². The number of nitrogens with zero attached hydrogens (tertiary/aromatic N) is 3. The number of hydrogen-bond acceptors (Lipinski definition) is 4. The minimum Gasteiger partial charge on any atom is -0.475 e. The fraction of sp³-hybridized carbons (Fsp3) is 0.692. The third kappa shape index (κ3) is 3.24. The molecule has 1 aromatic heterocycles. The van der Waals surface area contributed by atoms with E-state index in [2.05, 4.69) is 29.2 Å². The van der Waals surface area contributed by atoms with E-state index >= 15 is 0 Å². The normalized spacial score (nSPS) is 13.4. The van der Waals surface area contributed by atoms with Gasteiger partial charge in [0, 0.05) is 6.54 Å². The van der Waals surface area contributed by atoms with E-state index < -0.39 is 0 Å². The van der Waals surface area contributed by atoms with Crippen LogP contribution in [0.25, 0.3) is 0 Å². The van der Waals surface area contributed by atoms with Crippen molar-refractivity contribution in [2.75, 3.05) is 32.8 Å². The first kappa shape index (κ1) is 15.1. The van der Waals surface area contributed by atoms with Gasteiger partial charge in [-0.1, -0.05) is 25.4 Å². The summed E-state index contributed by atoms with van der Waals surface area (Å²) in [4.78, 5) is 14.3. The summed E-state index contributed by atoms with van der Waals surface area (Å²) in [5.74, 6) is 0.264. The summed E-state index contributed by atoms with van der Waals surface area (Å²) < 4.78 is 6.96. The Morgan fingerprint density at radius 1 is 1.50 bits per heavy atom. The topological polar surface area (TPSA) is 59.4 Å². The summed E-state index contributed by atoms with van der Waals surface area (Å²) in [6.45, 7) is 9.13. The van der Waals surface area contributed by atoms with Crippen molar-refractivity contribution in [2.24, 2.45) is 0 Å². The number of fused-ring (bicyclic) bond motifs is 1. The van der Waals surface area contributed by atoms with Gasteiger partial charge in [0.15, 0.2) is 5.69 Å². The lowest BCUT2D eigenvalue weighted by molar-refractivity contribution is 0.0946. The number of carbonyl (C=O) groups excluding carboxylic acids is 1. The second-order valence-electron chi connectivity index (χ2n) is 4.68. The van der Waals surface area contributed by atoms with Crippen LogP contribution in [-0.4, -0.2) is 53.4 Å². The van der Waals surface area contributed by atoms with Crippen LogP contribution in [0.2, 0.25) is 5.02 Å². The molecular formula is C13H21ClN4O2. The smallest absolute Gasteiger partial charge is 0.273 e. The summed E-state index contributed by atoms with van der Waals surface area (Å²) in [5.41, 5.74) is 0.254. The van der Waals surface area contributed by atoms with E-state index in [1.54, 1.807) is 4.68 Å². The van der Waals surface area contributed by atoms with E-state index in [-0.39, 0.29) is 11.6 Å². The zero-order valence-electron chi connectivity index (χ0n) is 12.0. The molecule has 1 aliphatic heterocycles. The third-order valence-corrected chi connectivity index (χ3v) is 3.78. The molecule has 0 bridgehead atoms. The molecule has 0 spiro atoms. The van der Waals surface area contributed by atoms with Gasteiger partial charge in [0.2, 0.25) is 5.88 Å². The number of hydrogen-bond donors (Lipinski definition) is 1. The Bertz CT molecular complexity index is 471. The van der Waals surface area contributed by atoms with Crippen LogP contribution >= 0.6 is 11.6 Å². The molecule has 1 aliphatic rings. The van der Waals surface area contributed by atoms with Gasteiger partial charge < -0.3 is 15.0 Å². The van der Waals surface area contributed by atoms with Gasteiger partial charge in [-0.25, -0.2) is 4.68 Å². The van der Waals surface area contributed by atoms with Crippen molar-refractivity contribution in [3.8, 4) is 5.88 Å². The van der Waals surface area contributed by atoms with Gasteiger partial charge in [-0.2, -0.15) is 5.10 Å². The van der Waals surface area contributed by atoms with Crippen LogP contribution in [0.4, 0.5) is 0 Å². The van der Waals surface area contributed by atoms with Crippen LogP contribution < -0.4 is 10.1 Å². The van der Waals surface area contributed by atoms with Gasteiger partial charge in [0.1, 0.15) is 11.6 Å². The van der Waals surface area contributed by atoms with Gasteiger partial charge in [-0.3, -0.25) is 4.79 Å². The van der Waals surface area contributed by atoms with Gasteiger partial charge in [-0.15, -0.1) is 0 Å². The number of halogens is 1. The average Bonchev–Trinajstić information content (AvgIpc) is 3.02. The molecule has 2 heterocycles. The van der Waals surface area contributed by atoms with Gasteiger partial charge in [-0.05, 0) is 26.1 Å². The molecule has 6 nitrogen and oxygen atoms in total. The van der Waals surface area contributed by atoms with Gasteiger partial charge >= 0.3 is 0 Å². The fourth-order valence-corrected chi connectivity index (χ4v) is 2.49. The van der Waals surface area contributed by atoms with Gasteiger partial charge in [0.25, 0.3) is 5.91 Å². The Balaban J connectivity index is 1.81. The Morgan fingerprint density at radius 3 is 2.90 bits per heavy atom. The average molecular weight is 301 g/mol. The number of ether oxygens (including phenoxy) is 1. The molecule has 1 N–H and O–H groups in total. The number of aromatic nitrogens is 2. The van der Waals surface area contributed by atoms with Crippen LogP contribution in [0.5, 0.6) is 5.88 Å². The maximum absolute atomic E-state index is 12.0. The molecule has 1 aromatic rings. The predicted molar refractivity (Wildman–Crippen MR) is 77.5 cm³/mol. The standard InChI is InChI=1S/C13H21ClN4O2/c1-3-17(4-2)7-5-6-15-12(19)11-10(14)13-18(16-11)8-9-20-13/h3-9H2,1-2H3,(H,15,19). The van der Waals surface area contributed by atoms with E-state index in [0.29, 0.717) is 30.6 Å². The molecule has 2 rings (SSSR count). The summed E-state index contributed by atoms with van der Waals surface area (Å²) >= 11 is 6.10. The molecule has 0 aliphatic carbocycles. The molecule has 0 radical (unpaired) electrons. The van der Waals surface area contributed by atoms with Crippen molar-refractivity contribution in [3.63, 3.8) is 0 Å². The predicted octanol–water partition coefficient (Wildman–Crippen LogP) is 1.39. The molecule has 0 atom stereocenters. The highest BCUT2D eigenvalue weighted by Crippen LogP contribution is 2.30. The molecule has 0 saturated carbocycles. The molecule has 20 heavy (non-hydrogen) atoms. The summed E-state index contributed by atoms with van der Waals surface area (Å²) in [7, 11) is 0. The van der Waals surface area contributed by atoms with Crippen molar-refractivity contribution >= 4 is 17.5 Å². The van der Waals surface area contributed by atoms with Crippen LogP contribution in [0, 0.1) is 0 Å². The van der Waals surface area contributed by atoms with Crippen LogP contribution in [0.3, 0.4) is 0 Å². The SMILES string of the molecule is CCN(CC)CCCNC(=O)c1nn2c(c1Cl)OCC2. The van der Waals surface area contributed by atoms with E-state index in [0.717, 1.165) is 26.1 Å². The quantitative estimate of drug-likeness (QED) is 0.773. The van der Waals surface area contributed by atoms with Crippen LogP contribution in [-0.2, 0) is 6.54 Å². The lowest BCUT2D eigenvalue weighted by atomic mass is 10.3. The monoisotopic (exact) mass is 300 g/mol. The summed E-state index contributed by atoms with van der Waals surface area (Å²) in [5, 5.41) is 7.33. The van der Waals surface area contributed by atoms with E-state index in [1.807, 2.05) is 0 Å². The molecule has 1 amide bonds. The van der Waals surface area contributed by atoms with Crippen molar-refractivity contribution in [1.29, 1.82) is 0 Å². The maximum Gasteiger partial charge on any atom is 0.273 e. The lowest BCUT2D eigenvalue weighted by Crippen LogP contribution is -2.30. The first-order valence-electron chi connectivity index (χ1n) is 7.07. The first-order chi connectivity index (χ1) is 9.67. The molecule has 112 valence electrons. The summed E-state index contributed by atoms with van der Waals surface area (Å²) in [6, 6.07) is 0. The zero-order chi connectivity index (χ0) is 14.5.